The Balaban J connectivity index is 1.74. The van der Waals surface area contributed by atoms with Gasteiger partial charge in [-0.05, 0) is 49.6 Å². The highest BCUT2D eigenvalue weighted by Crippen LogP contribution is 2.24. The predicted molar refractivity (Wildman–Crippen MR) is 106 cm³/mol. The summed E-state index contributed by atoms with van der Waals surface area (Å²) in [5.41, 5.74) is 5.51. The van der Waals surface area contributed by atoms with E-state index in [-0.39, 0.29) is 0 Å². The second-order valence-corrected chi connectivity index (χ2v) is 6.31. The van der Waals surface area contributed by atoms with Crippen LogP contribution in [-0.4, -0.2) is 17.1 Å². The normalized spacial score (nSPS) is 10.5. The van der Waals surface area contributed by atoms with E-state index in [2.05, 4.69) is 52.6 Å². The number of para-hydroxylation sites is 1. The molecule has 0 fully saturated rings. The maximum Gasteiger partial charge on any atom is 0.225 e. The van der Waals surface area contributed by atoms with E-state index in [1.165, 1.54) is 11.1 Å². The van der Waals surface area contributed by atoms with Crippen LogP contribution in [-0.2, 0) is 6.54 Å². The van der Waals surface area contributed by atoms with Crippen LogP contribution in [0.1, 0.15) is 22.4 Å². The van der Waals surface area contributed by atoms with E-state index in [9.17, 15) is 0 Å². The molecule has 0 atom stereocenters. The molecule has 0 bridgehead atoms. The molecule has 1 heterocycles. The third-order valence-electron chi connectivity index (χ3n) is 4.20. The topological polar surface area (TPSA) is 59.1 Å². The molecule has 0 aliphatic rings. The highest BCUT2D eigenvalue weighted by molar-refractivity contribution is 5.65. The molecule has 5 heteroatoms. The first-order chi connectivity index (χ1) is 12.5. The second kappa shape index (κ2) is 7.87. The van der Waals surface area contributed by atoms with Crippen molar-refractivity contribution in [3.8, 4) is 5.75 Å². The molecule has 0 saturated carbocycles. The maximum atomic E-state index is 5.19. The van der Waals surface area contributed by atoms with Crippen LogP contribution >= 0.6 is 0 Å². The number of nitrogens with zero attached hydrogens (tertiary/aromatic N) is 2. The van der Waals surface area contributed by atoms with Gasteiger partial charge in [0.15, 0.2) is 0 Å². The van der Waals surface area contributed by atoms with Crippen LogP contribution in [0, 0.1) is 20.8 Å². The minimum atomic E-state index is 0.606. The fourth-order valence-corrected chi connectivity index (χ4v) is 2.78. The summed E-state index contributed by atoms with van der Waals surface area (Å²) in [5, 5.41) is 6.72. The fourth-order valence-electron chi connectivity index (χ4n) is 2.78. The number of aromatic nitrogens is 2. The highest BCUT2D eigenvalue weighted by atomic mass is 16.5. The number of ether oxygens (including phenoxy) is 1. The Hall–Kier alpha value is -3.08. The number of hydrogen-bond donors (Lipinski definition) is 2. The minimum Gasteiger partial charge on any atom is -0.497 e. The number of aryl methyl sites for hydroxylation is 3. The number of anilines is 3. The van der Waals surface area contributed by atoms with E-state index >= 15 is 0 Å². The molecular weight excluding hydrogens is 324 g/mol. The van der Waals surface area contributed by atoms with Crippen molar-refractivity contribution in [2.24, 2.45) is 0 Å². The molecular formula is C21H24N4O. The van der Waals surface area contributed by atoms with Gasteiger partial charge < -0.3 is 15.4 Å². The van der Waals surface area contributed by atoms with E-state index in [1.807, 2.05) is 37.3 Å². The van der Waals surface area contributed by atoms with Crippen molar-refractivity contribution in [2.45, 2.75) is 27.3 Å². The summed E-state index contributed by atoms with van der Waals surface area (Å²) in [4.78, 5) is 9.08. The van der Waals surface area contributed by atoms with Gasteiger partial charge in [0, 0.05) is 24.0 Å². The lowest BCUT2D eigenvalue weighted by atomic mass is 10.1. The lowest BCUT2D eigenvalue weighted by molar-refractivity contribution is 0.414. The molecule has 0 spiro atoms. The van der Waals surface area contributed by atoms with Gasteiger partial charge in [-0.1, -0.05) is 30.3 Å². The number of methoxy groups -OCH3 is 1. The number of benzene rings is 2. The maximum absolute atomic E-state index is 5.19. The number of rotatable bonds is 6. The Kier molecular flexibility index (Phi) is 5.37. The average molecular weight is 348 g/mol. The van der Waals surface area contributed by atoms with Crippen LogP contribution < -0.4 is 15.4 Å². The van der Waals surface area contributed by atoms with Crippen LogP contribution in [0.2, 0.25) is 0 Å². The van der Waals surface area contributed by atoms with Gasteiger partial charge in [-0.25, -0.2) is 4.98 Å². The molecule has 5 nitrogen and oxygen atoms in total. The van der Waals surface area contributed by atoms with Crippen LogP contribution in [0.4, 0.5) is 17.5 Å². The monoisotopic (exact) mass is 348 g/mol. The summed E-state index contributed by atoms with van der Waals surface area (Å²) in [6.45, 7) is 6.80. The van der Waals surface area contributed by atoms with E-state index in [0.717, 1.165) is 28.5 Å². The van der Waals surface area contributed by atoms with Crippen LogP contribution in [0.5, 0.6) is 5.75 Å². The zero-order chi connectivity index (χ0) is 18.5. The Bertz CT molecular complexity index is 871. The van der Waals surface area contributed by atoms with E-state index < -0.39 is 0 Å². The predicted octanol–water partition coefficient (Wildman–Crippen LogP) is 4.77. The first-order valence-electron chi connectivity index (χ1n) is 8.61. The van der Waals surface area contributed by atoms with Gasteiger partial charge in [0.05, 0.1) is 7.11 Å². The van der Waals surface area contributed by atoms with Crippen molar-refractivity contribution < 1.29 is 4.74 Å². The summed E-state index contributed by atoms with van der Waals surface area (Å²) in [7, 11) is 1.67. The van der Waals surface area contributed by atoms with Crippen LogP contribution in [0.15, 0.2) is 48.5 Å². The molecule has 2 N–H and O–H groups in total. The summed E-state index contributed by atoms with van der Waals surface area (Å²) in [6.07, 6.45) is 0. The molecule has 0 aliphatic carbocycles. The van der Waals surface area contributed by atoms with Crippen molar-refractivity contribution >= 4 is 17.5 Å². The first kappa shape index (κ1) is 17.7. The molecule has 2 aromatic carbocycles. The molecule has 1 aromatic heterocycles. The molecule has 0 amide bonds. The smallest absolute Gasteiger partial charge is 0.225 e. The quantitative estimate of drug-likeness (QED) is 0.672. The number of nitrogens with one attached hydrogen (secondary N) is 2. The number of hydrogen-bond acceptors (Lipinski definition) is 5. The van der Waals surface area contributed by atoms with E-state index in [1.54, 1.807) is 7.11 Å². The van der Waals surface area contributed by atoms with Crippen LogP contribution in [0.25, 0.3) is 0 Å². The molecule has 26 heavy (non-hydrogen) atoms. The third kappa shape index (κ3) is 4.30. The molecule has 0 radical (unpaired) electrons. The first-order valence-corrected chi connectivity index (χ1v) is 8.61. The van der Waals surface area contributed by atoms with E-state index in [4.69, 9.17) is 4.74 Å². The van der Waals surface area contributed by atoms with Gasteiger partial charge >= 0.3 is 0 Å². The average Bonchev–Trinajstić information content (AvgIpc) is 2.63. The van der Waals surface area contributed by atoms with Gasteiger partial charge in [0.2, 0.25) is 5.95 Å². The Morgan fingerprint density at radius 1 is 0.923 bits per heavy atom. The summed E-state index contributed by atoms with van der Waals surface area (Å²) >= 11 is 0. The molecule has 0 unspecified atom stereocenters. The molecule has 0 saturated heterocycles. The van der Waals surface area contributed by atoms with Gasteiger partial charge in [-0.2, -0.15) is 4.98 Å². The fraction of sp³-hybridized carbons (Fsp3) is 0.238. The molecule has 3 aromatic rings. The molecule has 3 rings (SSSR count). The molecule has 0 aliphatic heterocycles. The van der Waals surface area contributed by atoms with Crippen molar-refractivity contribution in [3.63, 3.8) is 0 Å². The standard InChI is InChI=1S/C21H24N4O/c1-14-6-5-7-15(2)20(14)24-19-12-16(3)23-21(25-19)22-13-17-8-10-18(26-4)11-9-17/h5-12H,13H2,1-4H3,(H2,22,23,24,25). The van der Waals surface area contributed by atoms with Crippen molar-refractivity contribution in [2.75, 3.05) is 17.7 Å². The minimum absolute atomic E-state index is 0.606. The SMILES string of the molecule is COc1ccc(CNc2nc(C)cc(Nc3c(C)cccc3C)n2)cc1. The molecule has 134 valence electrons. The van der Waals surface area contributed by atoms with Crippen LogP contribution in [0.3, 0.4) is 0 Å². The summed E-state index contributed by atoms with van der Waals surface area (Å²) in [5.74, 6) is 2.24. The van der Waals surface area contributed by atoms with Gasteiger partial charge in [0.1, 0.15) is 11.6 Å². The Labute approximate surface area is 154 Å². The van der Waals surface area contributed by atoms with Crippen molar-refractivity contribution in [1.82, 2.24) is 9.97 Å². The summed E-state index contributed by atoms with van der Waals surface area (Å²) in [6, 6.07) is 16.1. The van der Waals surface area contributed by atoms with Gasteiger partial charge in [-0.15, -0.1) is 0 Å². The second-order valence-electron chi connectivity index (χ2n) is 6.31. The zero-order valence-corrected chi connectivity index (χ0v) is 15.6. The third-order valence-corrected chi connectivity index (χ3v) is 4.20. The van der Waals surface area contributed by atoms with Gasteiger partial charge in [-0.3, -0.25) is 0 Å². The Morgan fingerprint density at radius 2 is 1.62 bits per heavy atom. The van der Waals surface area contributed by atoms with E-state index in [0.29, 0.717) is 12.5 Å². The highest BCUT2D eigenvalue weighted by Gasteiger charge is 2.06. The summed E-state index contributed by atoms with van der Waals surface area (Å²) < 4.78 is 5.19. The van der Waals surface area contributed by atoms with Crippen molar-refractivity contribution in [1.29, 1.82) is 0 Å². The lowest BCUT2D eigenvalue weighted by Gasteiger charge is -2.14. The zero-order valence-electron chi connectivity index (χ0n) is 15.6. The van der Waals surface area contributed by atoms with Crippen molar-refractivity contribution in [3.05, 3.63) is 70.9 Å². The lowest BCUT2D eigenvalue weighted by Crippen LogP contribution is -2.07. The Morgan fingerprint density at radius 3 is 2.27 bits per heavy atom. The van der Waals surface area contributed by atoms with Gasteiger partial charge in [0.25, 0.3) is 0 Å². The largest absolute Gasteiger partial charge is 0.497 e.